The molecule has 0 saturated carbocycles. The van der Waals surface area contributed by atoms with E-state index in [0.717, 1.165) is 11.3 Å². The molecule has 1 aliphatic rings. The molecule has 0 bridgehead atoms. The number of fused-ring (bicyclic) bond motifs is 3. The molecule has 0 saturated heterocycles. The fraction of sp³-hybridized carbons (Fsp3) is 0.0833. The first-order valence-electron chi connectivity index (χ1n) is 8.94. The van der Waals surface area contributed by atoms with Crippen LogP contribution in [-0.2, 0) is 0 Å². The molecule has 1 heterocycles. The van der Waals surface area contributed by atoms with Gasteiger partial charge in [-0.2, -0.15) is 0 Å². The molecule has 0 radical (unpaired) electrons. The van der Waals surface area contributed by atoms with Crippen molar-refractivity contribution in [1.29, 1.82) is 0 Å². The lowest BCUT2D eigenvalue weighted by molar-refractivity contribution is 0.134. The molecule has 0 aliphatic carbocycles. The molecule has 4 aromatic rings. The Morgan fingerprint density at radius 3 is 2.04 bits per heavy atom. The average molecular weight is 337 g/mol. The smallest absolute Gasteiger partial charge is 0.177 e. The van der Waals surface area contributed by atoms with Crippen molar-refractivity contribution in [3.8, 4) is 5.75 Å². The van der Waals surface area contributed by atoms with Gasteiger partial charge in [0.2, 0.25) is 0 Å². The molecule has 0 unspecified atom stereocenters. The van der Waals surface area contributed by atoms with E-state index in [9.17, 15) is 0 Å². The Labute approximate surface area is 153 Å². The van der Waals surface area contributed by atoms with Crippen LogP contribution in [0, 0.1) is 0 Å². The molecule has 5 rings (SSSR count). The molecule has 126 valence electrons. The van der Waals surface area contributed by atoms with Gasteiger partial charge < -0.3 is 4.74 Å². The first-order chi connectivity index (χ1) is 12.9. The van der Waals surface area contributed by atoms with E-state index < -0.39 is 0 Å². The maximum atomic E-state index is 6.37. The topological polar surface area (TPSA) is 21.3 Å². The van der Waals surface area contributed by atoms with Crippen molar-refractivity contribution < 1.29 is 4.74 Å². The van der Waals surface area contributed by atoms with Crippen molar-refractivity contribution >= 4 is 10.8 Å². The van der Waals surface area contributed by atoms with Crippen LogP contribution in [0.4, 0.5) is 0 Å². The second-order valence-electron chi connectivity index (χ2n) is 6.62. The summed E-state index contributed by atoms with van der Waals surface area (Å²) >= 11 is 0. The van der Waals surface area contributed by atoms with E-state index in [1.54, 1.807) is 0 Å². The maximum Gasteiger partial charge on any atom is 0.177 e. The van der Waals surface area contributed by atoms with E-state index in [2.05, 4.69) is 84.2 Å². The van der Waals surface area contributed by atoms with Crippen molar-refractivity contribution in [1.82, 2.24) is 5.32 Å². The van der Waals surface area contributed by atoms with E-state index in [1.165, 1.54) is 21.9 Å². The van der Waals surface area contributed by atoms with Crippen LogP contribution in [0.1, 0.15) is 29.0 Å². The second-order valence-corrected chi connectivity index (χ2v) is 6.62. The zero-order chi connectivity index (χ0) is 17.3. The summed E-state index contributed by atoms with van der Waals surface area (Å²) in [5.41, 5.74) is 3.59. The molecule has 0 aromatic heterocycles. The SMILES string of the molecule is c1ccc([C@H]2N[C@@H](c3ccccc3)Oc3ccc4ccccc4c32)cc1. The number of hydrogen-bond donors (Lipinski definition) is 1. The average Bonchev–Trinajstić information content (AvgIpc) is 2.74. The van der Waals surface area contributed by atoms with Gasteiger partial charge in [0.1, 0.15) is 5.75 Å². The van der Waals surface area contributed by atoms with E-state index >= 15 is 0 Å². The van der Waals surface area contributed by atoms with Gasteiger partial charge in [-0.25, -0.2) is 0 Å². The summed E-state index contributed by atoms with van der Waals surface area (Å²) in [5.74, 6) is 0.949. The molecule has 26 heavy (non-hydrogen) atoms. The van der Waals surface area contributed by atoms with Crippen LogP contribution >= 0.6 is 0 Å². The molecule has 2 atom stereocenters. The van der Waals surface area contributed by atoms with Crippen molar-refractivity contribution in [3.63, 3.8) is 0 Å². The summed E-state index contributed by atoms with van der Waals surface area (Å²) in [6.07, 6.45) is -0.171. The lowest BCUT2D eigenvalue weighted by Gasteiger charge is -2.35. The van der Waals surface area contributed by atoms with Gasteiger partial charge in [-0.15, -0.1) is 0 Å². The predicted molar refractivity (Wildman–Crippen MR) is 105 cm³/mol. The zero-order valence-corrected chi connectivity index (χ0v) is 14.3. The van der Waals surface area contributed by atoms with Crippen LogP contribution in [0.15, 0.2) is 97.1 Å². The summed E-state index contributed by atoms with van der Waals surface area (Å²) in [5, 5.41) is 6.18. The third-order valence-corrected chi connectivity index (χ3v) is 5.02. The van der Waals surface area contributed by atoms with Crippen molar-refractivity contribution in [2.24, 2.45) is 0 Å². The molecule has 2 heteroatoms. The summed E-state index contributed by atoms with van der Waals surface area (Å²) < 4.78 is 6.37. The van der Waals surface area contributed by atoms with Crippen LogP contribution in [0.5, 0.6) is 5.75 Å². The Hall–Kier alpha value is -3.10. The van der Waals surface area contributed by atoms with E-state index in [0.29, 0.717) is 0 Å². The van der Waals surface area contributed by atoms with Gasteiger partial charge in [-0.05, 0) is 22.4 Å². The highest BCUT2D eigenvalue weighted by Gasteiger charge is 2.30. The third-order valence-electron chi connectivity index (χ3n) is 5.02. The zero-order valence-electron chi connectivity index (χ0n) is 14.3. The summed E-state index contributed by atoms with van der Waals surface area (Å²) in [7, 11) is 0. The molecule has 2 nitrogen and oxygen atoms in total. The van der Waals surface area contributed by atoms with Gasteiger partial charge in [-0.1, -0.05) is 91.0 Å². The minimum Gasteiger partial charge on any atom is -0.471 e. The van der Waals surface area contributed by atoms with Crippen molar-refractivity contribution in [3.05, 3.63) is 114 Å². The number of rotatable bonds is 2. The van der Waals surface area contributed by atoms with E-state index in [-0.39, 0.29) is 12.3 Å². The number of benzene rings is 4. The Kier molecular flexibility index (Phi) is 3.69. The fourth-order valence-corrected chi connectivity index (χ4v) is 3.77. The molecular formula is C24H19NO. The van der Waals surface area contributed by atoms with Crippen LogP contribution in [0.2, 0.25) is 0 Å². The molecule has 0 amide bonds. The monoisotopic (exact) mass is 337 g/mol. The largest absolute Gasteiger partial charge is 0.471 e. The summed E-state index contributed by atoms with van der Waals surface area (Å²) in [6, 6.07) is 33.8. The Morgan fingerprint density at radius 1 is 0.615 bits per heavy atom. The first-order valence-corrected chi connectivity index (χ1v) is 8.94. The lowest BCUT2D eigenvalue weighted by atomic mass is 9.91. The number of hydrogen-bond acceptors (Lipinski definition) is 2. The molecule has 4 aromatic carbocycles. The van der Waals surface area contributed by atoms with Crippen LogP contribution < -0.4 is 10.1 Å². The minimum atomic E-state index is -0.171. The van der Waals surface area contributed by atoms with Gasteiger partial charge in [0, 0.05) is 11.1 Å². The molecule has 1 N–H and O–H groups in total. The van der Waals surface area contributed by atoms with Crippen LogP contribution in [0.25, 0.3) is 10.8 Å². The highest BCUT2D eigenvalue weighted by Crippen LogP contribution is 2.42. The predicted octanol–water partition coefficient (Wildman–Crippen LogP) is 5.61. The third kappa shape index (κ3) is 2.56. The first kappa shape index (κ1) is 15.2. The van der Waals surface area contributed by atoms with Gasteiger partial charge in [-0.3, -0.25) is 5.32 Å². The van der Waals surface area contributed by atoms with Crippen LogP contribution in [0.3, 0.4) is 0 Å². The summed E-state index contributed by atoms with van der Waals surface area (Å²) in [6.45, 7) is 0. The Bertz CT molecular complexity index is 1040. The Balaban J connectivity index is 1.70. The van der Waals surface area contributed by atoms with Gasteiger partial charge in [0.15, 0.2) is 6.23 Å². The van der Waals surface area contributed by atoms with Gasteiger partial charge >= 0.3 is 0 Å². The fourth-order valence-electron chi connectivity index (χ4n) is 3.77. The quantitative estimate of drug-likeness (QED) is 0.513. The highest BCUT2D eigenvalue weighted by atomic mass is 16.5. The number of nitrogens with one attached hydrogen (secondary N) is 1. The van der Waals surface area contributed by atoms with E-state index in [1.807, 2.05) is 18.2 Å². The molecule has 1 aliphatic heterocycles. The van der Waals surface area contributed by atoms with Gasteiger partial charge in [0.05, 0.1) is 6.04 Å². The Morgan fingerprint density at radius 2 is 1.27 bits per heavy atom. The van der Waals surface area contributed by atoms with Crippen molar-refractivity contribution in [2.75, 3.05) is 0 Å². The second kappa shape index (κ2) is 6.32. The molecule has 0 fully saturated rings. The maximum absolute atomic E-state index is 6.37. The van der Waals surface area contributed by atoms with Gasteiger partial charge in [0.25, 0.3) is 0 Å². The standard InChI is InChI=1S/C24H19NO/c1-3-10-18(11-4-1)23-22-20-14-8-7-9-17(20)15-16-21(22)26-24(25-23)19-12-5-2-6-13-19/h1-16,23-25H/t23-,24-/m1/s1. The molecular weight excluding hydrogens is 318 g/mol. The summed E-state index contributed by atoms with van der Waals surface area (Å²) in [4.78, 5) is 0. The van der Waals surface area contributed by atoms with E-state index in [4.69, 9.17) is 4.74 Å². The lowest BCUT2D eigenvalue weighted by Crippen LogP contribution is -2.35. The molecule has 0 spiro atoms. The van der Waals surface area contributed by atoms with Crippen molar-refractivity contribution in [2.45, 2.75) is 12.3 Å². The normalized spacial score (nSPS) is 18.9. The van der Waals surface area contributed by atoms with Crippen LogP contribution in [-0.4, -0.2) is 0 Å². The highest BCUT2D eigenvalue weighted by molar-refractivity contribution is 5.89. The number of ether oxygens (including phenoxy) is 1. The minimum absolute atomic E-state index is 0.0799.